The van der Waals surface area contributed by atoms with Crippen LogP contribution in [0.25, 0.3) is 76.8 Å². The quantitative estimate of drug-likeness (QED) is 0.150. The van der Waals surface area contributed by atoms with Gasteiger partial charge in [-0.3, -0.25) is 0 Å². The van der Waals surface area contributed by atoms with Crippen molar-refractivity contribution in [2.45, 2.75) is 0 Å². The van der Waals surface area contributed by atoms with Gasteiger partial charge in [-0.2, -0.15) is 0 Å². The minimum Gasteiger partial charge on any atom is -0.310 e. The first kappa shape index (κ1) is 32.4. The van der Waals surface area contributed by atoms with E-state index in [0.29, 0.717) is 0 Å². The third-order valence-corrected chi connectivity index (χ3v) is 10.8. The smallest absolute Gasteiger partial charge is 0.0473 e. The maximum absolute atomic E-state index is 2.43. The van der Waals surface area contributed by atoms with Crippen molar-refractivity contribution in [2.24, 2.45) is 0 Å². The van der Waals surface area contributed by atoms with Gasteiger partial charge in [0.25, 0.3) is 0 Å². The first-order chi connectivity index (χ1) is 27.3. The van der Waals surface area contributed by atoms with E-state index >= 15 is 0 Å². The maximum atomic E-state index is 2.43. The van der Waals surface area contributed by atoms with Gasteiger partial charge in [-0.25, -0.2) is 0 Å². The molecule has 0 radical (unpaired) electrons. The summed E-state index contributed by atoms with van der Waals surface area (Å²) in [5, 5.41) is 7.58. The summed E-state index contributed by atoms with van der Waals surface area (Å²) < 4.78 is 0. The Hall–Kier alpha value is -7.22. The van der Waals surface area contributed by atoms with Crippen molar-refractivity contribution in [2.75, 3.05) is 4.90 Å². The number of fused-ring (bicyclic) bond motifs is 6. The molecule has 10 aromatic rings. The summed E-state index contributed by atoms with van der Waals surface area (Å²) in [6, 6.07) is 81.5. The lowest BCUT2D eigenvalue weighted by Gasteiger charge is -2.28. The van der Waals surface area contributed by atoms with Crippen molar-refractivity contribution in [3.8, 4) is 44.5 Å². The van der Waals surface area contributed by atoms with Crippen LogP contribution in [0.4, 0.5) is 17.1 Å². The Kier molecular flexibility index (Phi) is 8.24. The molecule has 0 aliphatic carbocycles. The van der Waals surface area contributed by atoms with E-state index in [9.17, 15) is 0 Å². The molecule has 0 heterocycles. The predicted octanol–water partition coefficient (Wildman–Crippen LogP) is 15.3. The van der Waals surface area contributed by atoms with Crippen LogP contribution in [0.2, 0.25) is 0 Å². The van der Waals surface area contributed by atoms with Gasteiger partial charge in [-0.05, 0) is 119 Å². The summed E-state index contributed by atoms with van der Waals surface area (Å²) >= 11 is 0. The number of hydrogen-bond acceptors (Lipinski definition) is 1. The number of rotatable bonds is 7. The summed E-state index contributed by atoms with van der Waals surface area (Å²) in [5.74, 6) is 0. The van der Waals surface area contributed by atoms with E-state index < -0.39 is 0 Å². The Labute approximate surface area is 322 Å². The van der Waals surface area contributed by atoms with Gasteiger partial charge in [0.1, 0.15) is 0 Å². The SMILES string of the molecule is c1ccc(-c2ccc(-c3cccc(N(c4cc(-c5ccccc5)cc(-c5ccccc5)c4)c4ccc5c6ccccc6c6ccccc6c5c4)c3)cc2)cc1. The van der Waals surface area contributed by atoms with Crippen LogP contribution in [-0.2, 0) is 0 Å². The van der Waals surface area contributed by atoms with E-state index in [1.165, 1.54) is 76.8 Å². The highest BCUT2D eigenvalue weighted by atomic mass is 15.1. The van der Waals surface area contributed by atoms with Gasteiger partial charge in [0, 0.05) is 17.1 Å². The van der Waals surface area contributed by atoms with Crippen LogP contribution in [0.3, 0.4) is 0 Å². The monoisotopic (exact) mass is 699 g/mol. The van der Waals surface area contributed by atoms with Crippen LogP contribution in [0.1, 0.15) is 0 Å². The van der Waals surface area contributed by atoms with E-state index in [-0.39, 0.29) is 0 Å². The topological polar surface area (TPSA) is 3.24 Å². The zero-order valence-corrected chi connectivity index (χ0v) is 30.3. The molecule has 0 N–H and O–H groups in total. The zero-order valence-electron chi connectivity index (χ0n) is 30.3. The first-order valence-electron chi connectivity index (χ1n) is 18.9. The Morgan fingerprint density at radius 1 is 0.182 bits per heavy atom. The van der Waals surface area contributed by atoms with E-state index in [2.05, 4.69) is 229 Å². The minimum absolute atomic E-state index is 1.10. The number of anilines is 3. The molecule has 0 aliphatic heterocycles. The first-order valence-corrected chi connectivity index (χ1v) is 18.9. The van der Waals surface area contributed by atoms with Crippen molar-refractivity contribution < 1.29 is 0 Å². The van der Waals surface area contributed by atoms with Crippen LogP contribution in [0, 0.1) is 0 Å². The fourth-order valence-corrected chi connectivity index (χ4v) is 8.13. The molecule has 0 saturated carbocycles. The summed E-state index contributed by atoms with van der Waals surface area (Å²) in [6.45, 7) is 0. The molecule has 0 aromatic heterocycles. The molecule has 0 unspecified atom stereocenters. The normalized spacial score (nSPS) is 11.3. The molecule has 0 spiro atoms. The standard InChI is InChI=1S/C54H37N/c1-4-15-38(16-5-1)41-27-29-42(30-28-41)43-21-14-22-46(34-43)55(48-35-44(39-17-6-2-7-18-39)33-45(36-48)40-19-8-3-9-20-40)47-31-32-53-51-25-11-10-23-49(51)50-24-12-13-26-52(50)54(53)37-47/h1-37H. The number of hydrogen-bond donors (Lipinski definition) is 0. The zero-order chi connectivity index (χ0) is 36.6. The lowest BCUT2D eigenvalue weighted by molar-refractivity contribution is 1.29. The highest BCUT2D eigenvalue weighted by Gasteiger charge is 2.18. The van der Waals surface area contributed by atoms with Crippen molar-refractivity contribution in [1.82, 2.24) is 0 Å². The van der Waals surface area contributed by atoms with Crippen LogP contribution >= 0.6 is 0 Å². The Morgan fingerprint density at radius 2 is 0.545 bits per heavy atom. The number of nitrogens with zero attached hydrogens (tertiary/aromatic N) is 1. The van der Waals surface area contributed by atoms with E-state index in [4.69, 9.17) is 0 Å². The molecular weight excluding hydrogens is 663 g/mol. The van der Waals surface area contributed by atoms with Gasteiger partial charge in [0.15, 0.2) is 0 Å². The molecular formula is C54H37N. The Balaban J connectivity index is 1.20. The van der Waals surface area contributed by atoms with E-state index in [1.54, 1.807) is 0 Å². The third-order valence-electron chi connectivity index (χ3n) is 10.8. The molecule has 10 rings (SSSR count). The van der Waals surface area contributed by atoms with Gasteiger partial charge in [-0.1, -0.05) is 182 Å². The molecule has 1 nitrogen and oxygen atoms in total. The predicted molar refractivity (Wildman–Crippen MR) is 235 cm³/mol. The molecule has 55 heavy (non-hydrogen) atoms. The molecule has 0 aliphatic rings. The molecule has 0 bridgehead atoms. The highest BCUT2D eigenvalue weighted by molar-refractivity contribution is 6.25. The van der Waals surface area contributed by atoms with Gasteiger partial charge in [0.2, 0.25) is 0 Å². The maximum Gasteiger partial charge on any atom is 0.0473 e. The highest BCUT2D eigenvalue weighted by Crippen LogP contribution is 2.44. The minimum atomic E-state index is 1.10. The Bertz CT molecular complexity index is 2860. The van der Waals surface area contributed by atoms with Crippen molar-refractivity contribution in [3.05, 3.63) is 224 Å². The van der Waals surface area contributed by atoms with Gasteiger partial charge >= 0.3 is 0 Å². The second-order valence-corrected chi connectivity index (χ2v) is 14.2. The molecule has 0 fully saturated rings. The van der Waals surface area contributed by atoms with E-state index in [1.807, 2.05) is 0 Å². The van der Waals surface area contributed by atoms with Gasteiger partial charge in [-0.15, -0.1) is 0 Å². The van der Waals surface area contributed by atoms with Crippen molar-refractivity contribution >= 4 is 49.4 Å². The van der Waals surface area contributed by atoms with Crippen LogP contribution < -0.4 is 4.90 Å². The van der Waals surface area contributed by atoms with E-state index in [0.717, 1.165) is 17.1 Å². The largest absolute Gasteiger partial charge is 0.310 e. The second kappa shape index (κ2) is 14.0. The average Bonchev–Trinajstić information content (AvgIpc) is 3.27. The Morgan fingerprint density at radius 3 is 1.07 bits per heavy atom. The number of benzene rings is 10. The fourth-order valence-electron chi connectivity index (χ4n) is 8.13. The molecule has 0 saturated heterocycles. The van der Waals surface area contributed by atoms with Crippen LogP contribution in [-0.4, -0.2) is 0 Å². The summed E-state index contributed by atoms with van der Waals surface area (Å²) in [4.78, 5) is 2.43. The summed E-state index contributed by atoms with van der Waals surface area (Å²) in [5.41, 5.74) is 12.8. The lowest BCUT2D eigenvalue weighted by Crippen LogP contribution is -2.10. The summed E-state index contributed by atoms with van der Waals surface area (Å²) in [6.07, 6.45) is 0. The van der Waals surface area contributed by atoms with Crippen LogP contribution in [0.5, 0.6) is 0 Å². The lowest BCUT2D eigenvalue weighted by atomic mass is 9.93. The van der Waals surface area contributed by atoms with Crippen LogP contribution in [0.15, 0.2) is 224 Å². The average molecular weight is 700 g/mol. The van der Waals surface area contributed by atoms with Crippen molar-refractivity contribution in [1.29, 1.82) is 0 Å². The molecule has 0 atom stereocenters. The van der Waals surface area contributed by atoms with Crippen molar-refractivity contribution in [3.63, 3.8) is 0 Å². The third kappa shape index (κ3) is 6.12. The molecule has 258 valence electrons. The second-order valence-electron chi connectivity index (χ2n) is 14.2. The molecule has 0 amide bonds. The molecule has 1 heteroatoms. The van der Waals surface area contributed by atoms with Gasteiger partial charge < -0.3 is 4.90 Å². The van der Waals surface area contributed by atoms with Gasteiger partial charge in [0.05, 0.1) is 0 Å². The molecule has 10 aromatic carbocycles. The fraction of sp³-hybridized carbons (Fsp3) is 0. The summed E-state index contributed by atoms with van der Waals surface area (Å²) in [7, 11) is 0.